The Morgan fingerprint density at radius 2 is 1.66 bits per heavy atom. The van der Waals surface area contributed by atoms with Crippen LogP contribution in [0, 0.1) is 11.7 Å². The Kier molecular flexibility index (Phi) is 8.04. The smallest absolute Gasteiger partial charge is 0.286 e. The number of likely N-dealkylation sites (tertiary alicyclic amines) is 1. The molecule has 8 nitrogen and oxygen atoms in total. The van der Waals surface area contributed by atoms with Crippen LogP contribution >= 0.6 is 22.9 Å². The van der Waals surface area contributed by atoms with Crippen molar-refractivity contribution >= 4 is 46.3 Å². The Hall–Kier alpha value is -3.37. The molecule has 3 amide bonds. The van der Waals surface area contributed by atoms with E-state index in [1.54, 1.807) is 41.3 Å². The maximum absolute atomic E-state index is 13.0. The van der Waals surface area contributed by atoms with Gasteiger partial charge in [-0.25, -0.2) is 4.39 Å². The van der Waals surface area contributed by atoms with Crippen molar-refractivity contribution in [2.45, 2.75) is 25.8 Å². The van der Waals surface area contributed by atoms with Crippen molar-refractivity contribution in [3.63, 3.8) is 0 Å². The largest absolute Gasteiger partial charge is 0.352 e. The summed E-state index contributed by atoms with van der Waals surface area (Å²) in [4.78, 5) is 39.2. The molecule has 4 rings (SSSR count). The second kappa shape index (κ2) is 11.4. The molecule has 0 unspecified atom stereocenters. The van der Waals surface area contributed by atoms with Crippen LogP contribution in [0.3, 0.4) is 0 Å². The van der Waals surface area contributed by atoms with Crippen LogP contribution in [0.5, 0.6) is 0 Å². The topological polar surface area (TPSA) is 104 Å². The first kappa shape index (κ1) is 24.7. The molecule has 0 bridgehead atoms. The second-order valence-electron chi connectivity index (χ2n) is 8.22. The molecular weight excluding hydrogens is 493 g/mol. The van der Waals surface area contributed by atoms with Gasteiger partial charge in [-0.1, -0.05) is 35.1 Å². The monoisotopic (exact) mass is 515 g/mol. The number of rotatable bonds is 7. The number of carbonyl (C=O) groups excluding carboxylic acids is 3. The zero-order valence-electron chi connectivity index (χ0n) is 18.7. The van der Waals surface area contributed by atoms with Gasteiger partial charge in [-0.2, -0.15) is 0 Å². The highest BCUT2D eigenvalue weighted by atomic mass is 35.5. The van der Waals surface area contributed by atoms with Crippen LogP contribution in [0.4, 0.5) is 10.1 Å². The van der Waals surface area contributed by atoms with E-state index in [0.29, 0.717) is 49.6 Å². The highest BCUT2D eigenvalue weighted by Gasteiger charge is 2.28. The highest BCUT2D eigenvalue weighted by molar-refractivity contribution is 7.15. The molecule has 2 N–H and O–H groups in total. The molecule has 1 fully saturated rings. The Morgan fingerprint density at radius 1 is 1.00 bits per heavy atom. The van der Waals surface area contributed by atoms with Crippen LogP contribution in [0.15, 0.2) is 48.5 Å². The van der Waals surface area contributed by atoms with Crippen molar-refractivity contribution < 1.29 is 18.8 Å². The number of benzene rings is 2. The van der Waals surface area contributed by atoms with Crippen molar-refractivity contribution in [2.24, 2.45) is 5.92 Å². The highest BCUT2D eigenvalue weighted by Crippen LogP contribution is 2.23. The lowest BCUT2D eigenvalue weighted by molar-refractivity contribution is -0.122. The van der Waals surface area contributed by atoms with E-state index in [2.05, 4.69) is 20.8 Å². The minimum Gasteiger partial charge on any atom is -0.352 e. The fourth-order valence-electron chi connectivity index (χ4n) is 3.73. The lowest BCUT2D eigenvalue weighted by Gasteiger charge is -2.31. The normalized spacial score (nSPS) is 13.9. The molecule has 1 aliphatic rings. The third-order valence-electron chi connectivity index (χ3n) is 5.68. The molecule has 0 aliphatic carbocycles. The van der Waals surface area contributed by atoms with E-state index in [1.807, 2.05) is 0 Å². The van der Waals surface area contributed by atoms with Crippen molar-refractivity contribution in [3.05, 3.63) is 74.9 Å². The van der Waals surface area contributed by atoms with E-state index in [0.717, 1.165) is 16.9 Å². The first-order valence-electron chi connectivity index (χ1n) is 11.1. The second-order valence-corrected chi connectivity index (χ2v) is 9.63. The fraction of sp³-hybridized carbons (Fsp3) is 0.292. The van der Waals surface area contributed by atoms with E-state index in [1.165, 1.54) is 12.1 Å². The molecule has 11 heteroatoms. The van der Waals surface area contributed by atoms with Gasteiger partial charge in [-0.15, -0.1) is 10.2 Å². The molecule has 35 heavy (non-hydrogen) atoms. The van der Waals surface area contributed by atoms with Gasteiger partial charge in [0.05, 0.1) is 0 Å². The summed E-state index contributed by atoms with van der Waals surface area (Å²) in [6, 6.07) is 12.7. The number of piperidine rings is 1. The van der Waals surface area contributed by atoms with Crippen molar-refractivity contribution in [3.8, 4) is 0 Å². The summed E-state index contributed by atoms with van der Waals surface area (Å²) in [5, 5.41) is 14.1. The number of hydrogen-bond acceptors (Lipinski definition) is 6. The van der Waals surface area contributed by atoms with Crippen LogP contribution in [-0.4, -0.2) is 45.9 Å². The fourth-order valence-corrected chi connectivity index (χ4v) is 4.56. The maximum atomic E-state index is 13.0. The summed E-state index contributed by atoms with van der Waals surface area (Å²) < 4.78 is 13.0. The molecule has 1 aromatic heterocycles. The Morgan fingerprint density at radius 3 is 2.34 bits per heavy atom. The minimum absolute atomic E-state index is 0.0698. The standard InChI is InChI=1S/C24H23ClFN5O3S/c25-17-3-7-19(8-4-17)28-21(33)22-29-30-23(35-22)24(34)31-11-9-15(10-12-31)13-20(32)27-14-16-1-5-18(26)6-2-16/h1-8,15H,9-14H2,(H,27,32)(H,28,33). The third-order valence-corrected chi connectivity index (χ3v) is 6.85. The van der Waals surface area contributed by atoms with E-state index in [9.17, 15) is 18.8 Å². The summed E-state index contributed by atoms with van der Waals surface area (Å²) in [6.07, 6.45) is 1.76. The van der Waals surface area contributed by atoms with E-state index in [4.69, 9.17) is 11.6 Å². The van der Waals surface area contributed by atoms with Crippen LogP contribution in [-0.2, 0) is 11.3 Å². The van der Waals surface area contributed by atoms with Crippen LogP contribution in [0.25, 0.3) is 0 Å². The van der Waals surface area contributed by atoms with Gasteiger partial charge in [-0.05, 0) is 60.7 Å². The number of nitrogens with one attached hydrogen (secondary N) is 2. The zero-order chi connectivity index (χ0) is 24.8. The Bertz CT molecular complexity index is 1190. The average molecular weight is 516 g/mol. The number of anilines is 1. The van der Waals surface area contributed by atoms with E-state index in [-0.39, 0.29) is 33.6 Å². The van der Waals surface area contributed by atoms with Gasteiger partial charge < -0.3 is 15.5 Å². The van der Waals surface area contributed by atoms with E-state index < -0.39 is 5.91 Å². The molecule has 2 aromatic carbocycles. The third kappa shape index (κ3) is 6.83. The van der Waals surface area contributed by atoms with Gasteiger partial charge in [0, 0.05) is 36.8 Å². The zero-order valence-corrected chi connectivity index (χ0v) is 20.2. The summed E-state index contributed by atoms with van der Waals surface area (Å²) in [6.45, 7) is 1.35. The van der Waals surface area contributed by atoms with Crippen molar-refractivity contribution in [1.82, 2.24) is 20.4 Å². The summed E-state index contributed by atoms with van der Waals surface area (Å²) in [5.74, 6) is -0.934. The Balaban J connectivity index is 1.22. The molecule has 1 saturated heterocycles. The van der Waals surface area contributed by atoms with Gasteiger partial charge >= 0.3 is 0 Å². The molecular formula is C24H23ClFN5O3S. The van der Waals surface area contributed by atoms with Gasteiger partial charge in [0.2, 0.25) is 15.9 Å². The first-order valence-corrected chi connectivity index (χ1v) is 12.3. The molecule has 0 saturated carbocycles. The Labute approximate surface area is 210 Å². The molecule has 0 spiro atoms. The lowest BCUT2D eigenvalue weighted by atomic mass is 9.93. The molecule has 2 heterocycles. The van der Waals surface area contributed by atoms with Gasteiger partial charge in [-0.3, -0.25) is 14.4 Å². The molecule has 0 radical (unpaired) electrons. The van der Waals surface area contributed by atoms with Crippen molar-refractivity contribution in [2.75, 3.05) is 18.4 Å². The van der Waals surface area contributed by atoms with Crippen LogP contribution < -0.4 is 10.6 Å². The van der Waals surface area contributed by atoms with Gasteiger partial charge in [0.15, 0.2) is 0 Å². The van der Waals surface area contributed by atoms with Gasteiger partial charge in [0.1, 0.15) is 5.82 Å². The molecule has 1 aliphatic heterocycles. The SMILES string of the molecule is O=C(CC1CCN(C(=O)c2nnc(C(=O)Nc3ccc(Cl)cc3)s2)CC1)NCc1ccc(F)cc1. The number of carbonyl (C=O) groups is 3. The number of amides is 3. The molecule has 3 aromatic rings. The van der Waals surface area contributed by atoms with Gasteiger partial charge in [0.25, 0.3) is 11.8 Å². The minimum atomic E-state index is -0.450. The quantitative estimate of drug-likeness (QED) is 0.492. The molecule has 182 valence electrons. The number of halogens is 2. The van der Waals surface area contributed by atoms with Crippen molar-refractivity contribution in [1.29, 1.82) is 0 Å². The maximum Gasteiger partial charge on any atom is 0.286 e. The molecule has 0 atom stereocenters. The number of nitrogens with zero attached hydrogens (tertiary/aromatic N) is 3. The number of hydrogen-bond donors (Lipinski definition) is 2. The summed E-state index contributed by atoms with van der Waals surface area (Å²) in [7, 11) is 0. The van der Waals surface area contributed by atoms with E-state index >= 15 is 0 Å². The van der Waals surface area contributed by atoms with Crippen LogP contribution in [0.2, 0.25) is 5.02 Å². The number of aromatic nitrogens is 2. The first-order chi connectivity index (χ1) is 16.9. The van der Waals surface area contributed by atoms with Crippen LogP contribution in [0.1, 0.15) is 44.4 Å². The lowest BCUT2D eigenvalue weighted by Crippen LogP contribution is -2.39. The predicted octanol–water partition coefficient (Wildman–Crippen LogP) is 4.14. The predicted molar refractivity (Wildman–Crippen MR) is 131 cm³/mol. The average Bonchev–Trinajstić information content (AvgIpc) is 3.36. The summed E-state index contributed by atoms with van der Waals surface area (Å²) in [5.41, 5.74) is 1.39. The summed E-state index contributed by atoms with van der Waals surface area (Å²) >= 11 is 6.79.